The minimum atomic E-state index is -0.303. The van der Waals surface area contributed by atoms with Crippen molar-refractivity contribution in [3.8, 4) is 0 Å². The number of hydrogen-bond donors (Lipinski definition) is 0. The number of carbonyl (C=O) groups is 2. The molecule has 1 rings (SSSR count). The number of carbonyl (C=O) groups excluding carboxylic acids is 2. The van der Waals surface area contributed by atoms with E-state index in [0.29, 0.717) is 26.3 Å². The van der Waals surface area contributed by atoms with Crippen molar-refractivity contribution in [1.82, 2.24) is 4.90 Å². The molecule has 5 nitrogen and oxygen atoms in total. The fraction of sp³-hybridized carbons (Fsp3) is 0.846. The van der Waals surface area contributed by atoms with Gasteiger partial charge in [0, 0.05) is 29.0 Å². The maximum Gasteiger partial charge on any atom is 0.311 e. The minimum Gasteiger partial charge on any atom is -0.465 e. The second-order valence-electron chi connectivity index (χ2n) is 4.84. The third-order valence-corrected chi connectivity index (χ3v) is 3.50. The van der Waals surface area contributed by atoms with Gasteiger partial charge in [0.2, 0.25) is 5.91 Å². The fourth-order valence-electron chi connectivity index (χ4n) is 2.13. The van der Waals surface area contributed by atoms with Gasteiger partial charge >= 0.3 is 5.97 Å². The molecule has 0 bridgehead atoms. The lowest BCUT2D eigenvalue weighted by molar-refractivity contribution is -0.148. The van der Waals surface area contributed by atoms with Crippen molar-refractivity contribution in [2.45, 2.75) is 39.0 Å². The monoisotopic (exact) mass is 289 g/mol. The van der Waals surface area contributed by atoms with Gasteiger partial charge in [-0.25, -0.2) is 0 Å². The molecule has 0 aromatic rings. The summed E-state index contributed by atoms with van der Waals surface area (Å²) in [6, 6.07) is 0. The van der Waals surface area contributed by atoms with Crippen LogP contribution in [0.2, 0.25) is 0 Å². The molecular formula is C13H24NO4P. The van der Waals surface area contributed by atoms with Gasteiger partial charge in [0.15, 0.2) is 0 Å². The first kappa shape index (κ1) is 16.4. The van der Waals surface area contributed by atoms with E-state index < -0.39 is 0 Å². The number of unbranched alkanes of at least 4 members (excludes halogenated alkanes) is 3. The Bertz CT molecular complexity index is 298. The summed E-state index contributed by atoms with van der Waals surface area (Å²) in [6.45, 7) is 4.07. The van der Waals surface area contributed by atoms with E-state index in [-0.39, 0.29) is 24.2 Å². The van der Waals surface area contributed by atoms with E-state index in [9.17, 15) is 9.59 Å². The average molecular weight is 289 g/mol. The molecule has 0 radical (unpaired) electrons. The van der Waals surface area contributed by atoms with Crippen molar-refractivity contribution in [3.05, 3.63) is 0 Å². The van der Waals surface area contributed by atoms with Crippen LogP contribution in [0.1, 0.15) is 39.0 Å². The van der Waals surface area contributed by atoms with Crippen molar-refractivity contribution in [2.75, 3.05) is 26.3 Å². The number of nitrogens with zero attached hydrogens (tertiary/aromatic N) is 1. The molecule has 0 saturated carbocycles. The zero-order chi connectivity index (χ0) is 14.1. The number of esters is 1. The topological polar surface area (TPSA) is 55.8 Å². The first-order valence-electron chi connectivity index (χ1n) is 6.95. The van der Waals surface area contributed by atoms with Gasteiger partial charge < -0.3 is 14.2 Å². The third-order valence-electron chi connectivity index (χ3n) is 3.27. The summed E-state index contributed by atoms with van der Waals surface area (Å²) in [4.78, 5) is 25.1. The Balaban J connectivity index is 2.21. The van der Waals surface area contributed by atoms with E-state index >= 15 is 0 Å². The van der Waals surface area contributed by atoms with E-state index in [2.05, 4.69) is 16.4 Å². The highest BCUT2D eigenvalue weighted by Crippen LogP contribution is 2.19. The Labute approximate surface area is 117 Å². The summed E-state index contributed by atoms with van der Waals surface area (Å²) in [6.07, 6.45) is 4.60. The van der Waals surface area contributed by atoms with Gasteiger partial charge in [0.1, 0.15) is 0 Å². The van der Waals surface area contributed by atoms with Gasteiger partial charge in [-0.3, -0.25) is 9.59 Å². The summed E-state index contributed by atoms with van der Waals surface area (Å²) in [7, 11) is 2.15. The van der Waals surface area contributed by atoms with Crippen LogP contribution in [0.4, 0.5) is 0 Å². The quantitative estimate of drug-likeness (QED) is 0.369. The second-order valence-corrected chi connectivity index (χ2v) is 5.17. The number of likely N-dealkylation sites (tertiary alicyclic amines) is 1. The van der Waals surface area contributed by atoms with E-state index in [1.54, 1.807) is 4.90 Å². The normalized spacial score (nSPS) is 18.9. The van der Waals surface area contributed by atoms with Crippen LogP contribution in [0.3, 0.4) is 0 Å². The molecular weight excluding hydrogens is 265 g/mol. The molecule has 0 aromatic heterocycles. The summed E-state index contributed by atoms with van der Waals surface area (Å²) >= 11 is 0. The Hall–Kier alpha value is -0.670. The first-order chi connectivity index (χ1) is 9.19. The van der Waals surface area contributed by atoms with Crippen molar-refractivity contribution >= 4 is 21.3 Å². The maximum absolute atomic E-state index is 11.8. The highest BCUT2D eigenvalue weighted by atomic mass is 31.0. The molecule has 1 saturated heterocycles. The average Bonchev–Trinajstić information content (AvgIpc) is 2.77. The van der Waals surface area contributed by atoms with Crippen molar-refractivity contribution in [3.63, 3.8) is 0 Å². The molecule has 1 heterocycles. The van der Waals surface area contributed by atoms with Gasteiger partial charge in [-0.2, -0.15) is 0 Å². The second kappa shape index (κ2) is 9.27. The molecule has 1 fully saturated rings. The maximum atomic E-state index is 11.8. The summed E-state index contributed by atoms with van der Waals surface area (Å²) in [5, 5.41) is 0. The third kappa shape index (κ3) is 5.87. The van der Waals surface area contributed by atoms with Crippen molar-refractivity contribution in [1.29, 1.82) is 0 Å². The number of hydrogen-bond acceptors (Lipinski definition) is 4. The van der Waals surface area contributed by atoms with E-state index in [1.165, 1.54) is 6.42 Å². The molecule has 6 heteroatoms. The predicted molar refractivity (Wildman–Crippen MR) is 75.5 cm³/mol. The molecule has 2 atom stereocenters. The van der Waals surface area contributed by atoms with Crippen LogP contribution in [0.25, 0.3) is 0 Å². The Morgan fingerprint density at radius 2 is 2.16 bits per heavy atom. The Kier molecular flexibility index (Phi) is 7.99. The smallest absolute Gasteiger partial charge is 0.311 e. The van der Waals surface area contributed by atoms with E-state index in [4.69, 9.17) is 9.26 Å². The lowest BCUT2D eigenvalue weighted by Crippen LogP contribution is -2.29. The molecule has 1 aliphatic heterocycles. The predicted octanol–water partition coefficient (Wildman–Crippen LogP) is 1.77. The fourth-order valence-corrected chi connectivity index (χ4v) is 2.23. The summed E-state index contributed by atoms with van der Waals surface area (Å²) < 4.78 is 10.1. The lowest BCUT2D eigenvalue weighted by Gasteiger charge is -2.15. The molecule has 2 unspecified atom stereocenters. The molecule has 1 aliphatic rings. The first-order valence-corrected chi connectivity index (χ1v) is 7.42. The van der Waals surface area contributed by atoms with Crippen LogP contribution in [-0.4, -0.2) is 43.1 Å². The number of amides is 1. The molecule has 1 amide bonds. The Morgan fingerprint density at radius 3 is 2.84 bits per heavy atom. The molecule has 0 aromatic carbocycles. The standard InChI is InChI=1S/C13H24NO4P/c1-2-3-4-5-7-17-13(16)11-9-12(15)14(10-11)6-8-18-19/h11H,2-10,19H2,1H3. The number of ether oxygens (including phenoxy) is 1. The van der Waals surface area contributed by atoms with Crippen LogP contribution in [0.15, 0.2) is 0 Å². The minimum absolute atomic E-state index is 0.00924. The number of rotatable bonds is 9. The van der Waals surface area contributed by atoms with Crippen LogP contribution in [-0.2, 0) is 18.8 Å². The van der Waals surface area contributed by atoms with Gasteiger partial charge in [-0.1, -0.05) is 26.2 Å². The SMILES string of the molecule is CCCCCCOC(=O)C1CC(=O)N(CCOP)C1. The van der Waals surface area contributed by atoms with Crippen molar-refractivity contribution < 1.29 is 18.8 Å². The van der Waals surface area contributed by atoms with Crippen molar-refractivity contribution in [2.24, 2.45) is 5.92 Å². The largest absolute Gasteiger partial charge is 0.465 e. The van der Waals surface area contributed by atoms with Crippen LogP contribution in [0.5, 0.6) is 0 Å². The van der Waals surface area contributed by atoms with Gasteiger partial charge in [0.05, 0.1) is 19.1 Å². The van der Waals surface area contributed by atoms with Gasteiger partial charge in [-0.05, 0) is 6.42 Å². The van der Waals surface area contributed by atoms with Crippen LogP contribution in [0, 0.1) is 5.92 Å². The van der Waals surface area contributed by atoms with E-state index in [1.807, 2.05) is 0 Å². The molecule has 0 spiro atoms. The zero-order valence-electron chi connectivity index (χ0n) is 11.6. The summed E-state index contributed by atoms with van der Waals surface area (Å²) in [5.74, 6) is -0.530. The highest BCUT2D eigenvalue weighted by molar-refractivity contribution is 7.09. The molecule has 110 valence electrons. The molecule has 0 aliphatic carbocycles. The molecule has 19 heavy (non-hydrogen) atoms. The van der Waals surface area contributed by atoms with Gasteiger partial charge in [-0.15, -0.1) is 0 Å². The van der Waals surface area contributed by atoms with Crippen LogP contribution >= 0.6 is 9.47 Å². The summed E-state index contributed by atoms with van der Waals surface area (Å²) in [5.41, 5.74) is 0. The zero-order valence-corrected chi connectivity index (χ0v) is 12.8. The van der Waals surface area contributed by atoms with E-state index in [0.717, 1.165) is 19.3 Å². The lowest BCUT2D eigenvalue weighted by atomic mass is 10.1. The van der Waals surface area contributed by atoms with Crippen LogP contribution < -0.4 is 0 Å². The Morgan fingerprint density at radius 1 is 1.37 bits per heavy atom. The highest BCUT2D eigenvalue weighted by Gasteiger charge is 2.34. The van der Waals surface area contributed by atoms with Gasteiger partial charge in [0.25, 0.3) is 0 Å². The molecule has 0 N–H and O–H groups in total.